The van der Waals surface area contributed by atoms with E-state index in [0.29, 0.717) is 6.42 Å². The van der Waals surface area contributed by atoms with Crippen LogP contribution in [0.15, 0.2) is 12.2 Å². The standard InChI is InChI=1S/C11H21NO4S/c1-5-6-7-8-11(4,17(14,15)16)12-10(13)9(2)3/h2,5-8H2,1,3-4H3,(H,12,13)(H,14,15,16). The van der Waals surface area contributed by atoms with E-state index in [9.17, 15) is 17.8 Å². The predicted octanol–water partition coefficient (Wildman–Crippen LogP) is 1.86. The third-order valence-corrected chi connectivity index (χ3v) is 4.04. The van der Waals surface area contributed by atoms with Crippen LogP contribution in [-0.4, -0.2) is 23.7 Å². The van der Waals surface area contributed by atoms with E-state index in [-0.39, 0.29) is 12.0 Å². The molecule has 5 nitrogen and oxygen atoms in total. The lowest BCUT2D eigenvalue weighted by Crippen LogP contribution is -2.52. The fourth-order valence-corrected chi connectivity index (χ4v) is 1.94. The molecule has 0 aliphatic rings. The second kappa shape index (κ2) is 6.16. The summed E-state index contributed by atoms with van der Waals surface area (Å²) >= 11 is 0. The van der Waals surface area contributed by atoms with Crippen LogP contribution in [0, 0.1) is 0 Å². The van der Waals surface area contributed by atoms with Crippen LogP contribution in [0.3, 0.4) is 0 Å². The van der Waals surface area contributed by atoms with Crippen molar-refractivity contribution in [2.45, 2.75) is 51.3 Å². The van der Waals surface area contributed by atoms with Gasteiger partial charge in [-0.15, -0.1) is 0 Å². The van der Waals surface area contributed by atoms with Gasteiger partial charge in [0.15, 0.2) is 4.87 Å². The summed E-state index contributed by atoms with van der Waals surface area (Å²) < 4.78 is 31.8. The molecule has 0 aliphatic heterocycles. The zero-order valence-corrected chi connectivity index (χ0v) is 11.4. The van der Waals surface area contributed by atoms with Crippen LogP contribution >= 0.6 is 0 Å². The van der Waals surface area contributed by atoms with E-state index in [0.717, 1.165) is 12.8 Å². The summed E-state index contributed by atoms with van der Waals surface area (Å²) in [5.74, 6) is -0.568. The monoisotopic (exact) mass is 263 g/mol. The Morgan fingerprint density at radius 1 is 1.41 bits per heavy atom. The van der Waals surface area contributed by atoms with E-state index in [1.807, 2.05) is 6.92 Å². The molecule has 2 N–H and O–H groups in total. The zero-order valence-electron chi connectivity index (χ0n) is 10.6. The second-order valence-electron chi connectivity index (χ2n) is 4.40. The Bertz CT molecular complexity index is 388. The molecule has 0 spiro atoms. The van der Waals surface area contributed by atoms with Crippen LogP contribution in [0.1, 0.15) is 46.5 Å². The van der Waals surface area contributed by atoms with Crippen molar-refractivity contribution in [1.29, 1.82) is 0 Å². The van der Waals surface area contributed by atoms with Gasteiger partial charge >= 0.3 is 0 Å². The molecule has 100 valence electrons. The third-order valence-electron chi connectivity index (χ3n) is 2.59. The molecule has 6 heteroatoms. The first-order valence-electron chi connectivity index (χ1n) is 5.59. The van der Waals surface area contributed by atoms with E-state index in [1.165, 1.54) is 13.8 Å². The van der Waals surface area contributed by atoms with Crippen molar-refractivity contribution < 1.29 is 17.8 Å². The van der Waals surface area contributed by atoms with Gasteiger partial charge in [-0.05, 0) is 26.7 Å². The first-order valence-corrected chi connectivity index (χ1v) is 7.03. The summed E-state index contributed by atoms with van der Waals surface area (Å²) in [6.07, 6.45) is 2.56. The highest BCUT2D eigenvalue weighted by atomic mass is 32.2. The SMILES string of the molecule is C=C(C)C(=O)NC(C)(CCCCC)S(=O)(=O)O. The molecule has 1 amide bonds. The van der Waals surface area contributed by atoms with Gasteiger partial charge in [0, 0.05) is 5.57 Å². The summed E-state index contributed by atoms with van der Waals surface area (Å²) in [7, 11) is -4.35. The number of carbonyl (C=O) groups is 1. The lowest BCUT2D eigenvalue weighted by Gasteiger charge is -2.27. The smallest absolute Gasteiger partial charge is 0.288 e. The van der Waals surface area contributed by atoms with Crippen molar-refractivity contribution in [3.8, 4) is 0 Å². The number of unbranched alkanes of at least 4 members (excludes halogenated alkanes) is 2. The minimum Gasteiger partial charge on any atom is -0.332 e. The van der Waals surface area contributed by atoms with Gasteiger partial charge in [0.25, 0.3) is 10.1 Å². The van der Waals surface area contributed by atoms with Crippen LogP contribution in [0.4, 0.5) is 0 Å². The lowest BCUT2D eigenvalue weighted by atomic mass is 10.1. The number of rotatable bonds is 7. The maximum absolute atomic E-state index is 11.5. The number of carbonyl (C=O) groups excluding carboxylic acids is 1. The van der Waals surface area contributed by atoms with Crippen LogP contribution in [0.2, 0.25) is 0 Å². The summed E-state index contributed by atoms with van der Waals surface area (Å²) in [6, 6.07) is 0. The molecule has 0 saturated carbocycles. The zero-order chi connectivity index (χ0) is 13.7. The molecule has 0 rings (SSSR count). The first kappa shape index (κ1) is 16.1. The summed E-state index contributed by atoms with van der Waals surface area (Å²) in [5.41, 5.74) is 0.204. The lowest BCUT2D eigenvalue weighted by molar-refractivity contribution is -0.118. The van der Waals surface area contributed by atoms with Crippen molar-refractivity contribution in [2.24, 2.45) is 0 Å². The van der Waals surface area contributed by atoms with Gasteiger partial charge < -0.3 is 5.32 Å². The molecule has 0 heterocycles. The maximum atomic E-state index is 11.5. The molecule has 0 saturated heterocycles. The molecule has 0 aromatic rings. The largest absolute Gasteiger partial charge is 0.332 e. The van der Waals surface area contributed by atoms with Crippen molar-refractivity contribution in [2.75, 3.05) is 0 Å². The molecule has 1 atom stereocenters. The average Bonchev–Trinajstić information content (AvgIpc) is 2.16. The Hall–Kier alpha value is -0.880. The second-order valence-corrected chi connectivity index (χ2v) is 6.25. The summed E-state index contributed by atoms with van der Waals surface area (Å²) in [6.45, 7) is 8.19. The van der Waals surface area contributed by atoms with Crippen LogP contribution in [0.25, 0.3) is 0 Å². The average molecular weight is 263 g/mol. The van der Waals surface area contributed by atoms with Gasteiger partial charge in [-0.1, -0.05) is 26.3 Å². The normalized spacial score (nSPS) is 15.1. The fraction of sp³-hybridized carbons (Fsp3) is 0.727. The van der Waals surface area contributed by atoms with Crippen molar-refractivity contribution in [3.63, 3.8) is 0 Å². The molecule has 17 heavy (non-hydrogen) atoms. The van der Waals surface area contributed by atoms with E-state index in [2.05, 4.69) is 11.9 Å². The first-order chi connectivity index (χ1) is 7.64. The number of amides is 1. The van der Waals surface area contributed by atoms with Gasteiger partial charge in [-0.2, -0.15) is 8.42 Å². The van der Waals surface area contributed by atoms with E-state index >= 15 is 0 Å². The highest BCUT2D eigenvalue weighted by molar-refractivity contribution is 7.87. The van der Waals surface area contributed by atoms with Crippen molar-refractivity contribution in [3.05, 3.63) is 12.2 Å². The molecular weight excluding hydrogens is 242 g/mol. The fourth-order valence-electron chi connectivity index (χ4n) is 1.32. The van der Waals surface area contributed by atoms with Gasteiger partial charge in [-0.3, -0.25) is 9.35 Å². The van der Waals surface area contributed by atoms with Crippen LogP contribution < -0.4 is 5.32 Å². The van der Waals surface area contributed by atoms with Gasteiger partial charge in [0.1, 0.15) is 0 Å². The summed E-state index contributed by atoms with van der Waals surface area (Å²) in [5, 5.41) is 2.32. The van der Waals surface area contributed by atoms with E-state index in [1.54, 1.807) is 0 Å². The molecule has 0 aromatic carbocycles. The van der Waals surface area contributed by atoms with E-state index in [4.69, 9.17) is 0 Å². The Kier molecular flexibility index (Phi) is 5.84. The molecule has 0 bridgehead atoms. The Balaban J connectivity index is 4.87. The van der Waals surface area contributed by atoms with Crippen LogP contribution in [-0.2, 0) is 14.9 Å². The summed E-state index contributed by atoms with van der Waals surface area (Å²) in [4.78, 5) is 9.81. The molecule has 0 aromatic heterocycles. The topological polar surface area (TPSA) is 83.5 Å². The van der Waals surface area contributed by atoms with Crippen molar-refractivity contribution in [1.82, 2.24) is 5.32 Å². The van der Waals surface area contributed by atoms with Gasteiger partial charge in [0.2, 0.25) is 5.91 Å². The third kappa shape index (κ3) is 4.87. The maximum Gasteiger partial charge on any atom is 0.288 e. The number of hydrogen-bond acceptors (Lipinski definition) is 3. The number of hydrogen-bond donors (Lipinski definition) is 2. The van der Waals surface area contributed by atoms with Crippen molar-refractivity contribution >= 4 is 16.0 Å². The molecule has 0 fully saturated rings. The Morgan fingerprint density at radius 3 is 2.29 bits per heavy atom. The van der Waals surface area contributed by atoms with Gasteiger partial charge in [-0.25, -0.2) is 0 Å². The van der Waals surface area contributed by atoms with Crippen LogP contribution in [0.5, 0.6) is 0 Å². The molecular formula is C11H21NO4S. The highest BCUT2D eigenvalue weighted by Gasteiger charge is 2.38. The minimum absolute atomic E-state index is 0.179. The van der Waals surface area contributed by atoms with Gasteiger partial charge in [0.05, 0.1) is 0 Å². The molecule has 0 aliphatic carbocycles. The molecule has 1 unspecified atom stereocenters. The van der Waals surface area contributed by atoms with E-state index < -0.39 is 20.9 Å². The predicted molar refractivity (Wildman–Crippen MR) is 67.1 cm³/mol. The minimum atomic E-state index is -4.35. The highest BCUT2D eigenvalue weighted by Crippen LogP contribution is 2.21. The Morgan fingerprint density at radius 2 is 1.94 bits per heavy atom. The quantitative estimate of drug-likeness (QED) is 0.417. The molecule has 0 radical (unpaired) electrons. The Labute approximate surface area is 103 Å². The number of nitrogens with one attached hydrogen (secondary N) is 1.